The molecule has 0 bridgehead atoms. The van der Waals surface area contributed by atoms with Crippen LogP contribution in [-0.4, -0.2) is 36.4 Å². The van der Waals surface area contributed by atoms with E-state index in [9.17, 15) is 9.59 Å². The van der Waals surface area contributed by atoms with Crippen LogP contribution in [0.3, 0.4) is 0 Å². The number of likely N-dealkylation sites (N-methyl/N-ethyl adjacent to an activating group) is 1. The summed E-state index contributed by atoms with van der Waals surface area (Å²) in [5, 5.41) is 3.43. The van der Waals surface area contributed by atoms with Crippen molar-refractivity contribution in [3.63, 3.8) is 0 Å². The molecule has 0 spiro atoms. The smallest absolute Gasteiger partial charge is 0.261 e. The Morgan fingerprint density at radius 2 is 1.72 bits per heavy atom. The van der Waals surface area contributed by atoms with Gasteiger partial charge in [0.1, 0.15) is 11.8 Å². The molecule has 0 heterocycles. The Bertz CT molecular complexity index is 878. The van der Waals surface area contributed by atoms with E-state index in [1.807, 2.05) is 26.0 Å². The van der Waals surface area contributed by atoms with E-state index in [1.165, 1.54) is 11.9 Å². The Hall–Kier alpha value is -1.76. The van der Waals surface area contributed by atoms with Crippen LogP contribution in [0.4, 0.5) is 0 Å². The summed E-state index contributed by atoms with van der Waals surface area (Å²) < 4.78 is 6.72. The minimum absolute atomic E-state index is 0.0910. The molecule has 0 radical (unpaired) electrons. The highest BCUT2D eigenvalue weighted by Gasteiger charge is 2.27. The summed E-state index contributed by atoms with van der Waals surface area (Å²) in [6, 6.07) is 8.09. The summed E-state index contributed by atoms with van der Waals surface area (Å²) in [6.45, 7) is 5.42. The van der Waals surface area contributed by atoms with Crippen LogP contribution in [0.1, 0.15) is 23.6 Å². The molecule has 0 aliphatic carbocycles. The van der Waals surface area contributed by atoms with Gasteiger partial charge in [-0.1, -0.05) is 45.2 Å². The van der Waals surface area contributed by atoms with Crippen LogP contribution in [0.15, 0.2) is 34.8 Å². The molecular formula is C21H23BrCl2N2O3. The van der Waals surface area contributed by atoms with Gasteiger partial charge in [-0.2, -0.15) is 0 Å². The average Bonchev–Trinajstić information content (AvgIpc) is 2.68. The van der Waals surface area contributed by atoms with Crippen molar-refractivity contribution < 1.29 is 14.3 Å². The standard InChI is InChI=1S/C21H23BrCl2N2O3/c1-12-8-15(9-13(2)20(12)22)29-11-19(27)26(14(3)21(28)25-4)10-16-17(23)6-5-7-18(16)24/h5-9,14H,10-11H2,1-4H3,(H,25,28)/t14-/m0/s1. The largest absolute Gasteiger partial charge is 0.484 e. The van der Waals surface area contributed by atoms with Gasteiger partial charge in [-0.3, -0.25) is 9.59 Å². The number of hydrogen-bond donors (Lipinski definition) is 1. The fourth-order valence-corrected chi connectivity index (χ4v) is 3.61. The monoisotopic (exact) mass is 500 g/mol. The number of nitrogens with one attached hydrogen (secondary N) is 1. The zero-order chi connectivity index (χ0) is 21.7. The molecule has 0 aliphatic rings. The van der Waals surface area contributed by atoms with Crippen molar-refractivity contribution in [1.82, 2.24) is 10.2 Å². The van der Waals surface area contributed by atoms with Crippen LogP contribution in [0.5, 0.6) is 5.75 Å². The van der Waals surface area contributed by atoms with Gasteiger partial charge in [-0.25, -0.2) is 0 Å². The van der Waals surface area contributed by atoms with Crippen molar-refractivity contribution in [3.8, 4) is 5.75 Å². The van der Waals surface area contributed by atoms with E-state index in [4.69, 9.17) is 27.9 Å². The number of carbonyl (C=O) groups excluding carboxylic acids is 2. The summed E-state index contributed by atoms with van der Waals surface area (Å²) >= 11 is 16.0. The molecule has 8 heteroatoms. The second kappa shape index (κ2) is 10.3. The van der Waals surface area contributed by atoms with Crippen molar-refractivity contribution in [2.45, 2.75) is 33.4 Å². The molecule has 0 saturated heterocycles. The highest BCUT2D eigenvalue weighted by atomic mass is 79.9. The second-order valence-electron chi connectivity index (χ2n) is 6.67. The number of amides is 2. The van der Waals surface area contributed by atoms with Gasteiger partial charge in [0, 0.05) is 33.7 Å². The quantitative estimate of drug-likeness (QED) is 0.586. The van der Waals surface area contributed by atoms with E-state index in [-0.39, 0.29) is 25.0 Å². The van der Waals surface area contributed by atoms with Gasteiger partial charge in [-0.15, -0.1) is 0 Å². The highest BCUT2D eigenvalue weighted by Crippen LogP contribution is 2.28. The Labute approximate surface area is 189 Å². The van der Waals surface area contributed by atoms with Crippen molar-refractivity contribution in [2.75, 3.05) is 13.7 Å². The first-order valence-electron chi connectivity index (χ1n) is 8.99. The van der Waals surface area contributed by atoms with Crippen LogP contribution < -0.4 is 10.1 Å². The molecular weight excluding hydrogens is 479 g/mol. The lowest BCUT2D eigenvalue weighted by Gasteiger charge is -2.29. The number of halogens is 3. The van der Waals surface area contributed by atoms with Gasteiger partial charge in [0.2, 0.25) is 5.91 Å². The minimum Gasteiger partial charge on any atom is -0.484 e. The van der Waals surface area contributed by atoms with Crippen LogP contribution in [0.25, 0.3) is 0 Å². The first-order chi connectivity index (χ1) is 13.6. The van der Waals surface area contributed by atoms with E-state index < -0.39 is 6.04 Å². The number of nitrogens with zero attached hydrogens (tertiary/aromatic N) is 1. The number of ether oxygens (including phenoxy) is 1. The van der Waals surface area contributed by atoms with E-state index in [2.05, 4.69) is 21.2 Å². The minimum atomic E-state index is -0.725. The van der Waals surface area contributed by atoms with Crippen molar-refractivity contribution in [3.05, 3.63) is 61.5 Å². The molecule has 29 heavy (non-hydrogen) atoms. The van der Waals surface area contributed by atoms with Gasteiger partial charge in [0.25, 0.3) is 5.91 Å². The molecule has 2 aromatic rings. The average molecular weight is 502 g/mol. The van der Waals surface area contributed by atoms with E-state index >= 15 is 0 Å². The van der Waals surface area contributed by atoms with Crippen LogP contribution in [0, 0.1) is 13.8 Å². The predicted octanol–water partition coefficient (Wildman–Crippen LogP) is 4.91. The van der Waals surface area contributed by atoms with Crippen molar-refractivity contribution in [2.24, 2.45) is 0 Å². The molecule has 2 amide bonds. The maximum Gasteiger partial charge on any atom is 0.261 e. The lowest BCUT2D eigenvalue weighted by atomic mass is 10.1. The first kappa shape index (κ1) is 23.5. The summed E-state index contributed by atoms with van der Waals surface area (Å²) in [5.74, 6) is -0.0629. The zero-order valence-electron chi connectivity index (χ0n) is 16.7. The van der Waals surface area contributed by atoms with Gasteiger partial charge in [-0.05, 0) is 56.2 Å². The number of rotatable bonds is 7. The molecule has 2 rings (SSSR count). The van der Waals surface area contributed by atoms with Gasteiger partial charge < -0.3 is 15.0 Å². The van der Waals surface area contributed by atoms with Gasteiger partial charge >= 0.3 is 0 Å². The van der Waals surface area contributed by atoms with Crippen molar-refractivity contribution in [1.29, 1.82) is 0 Å². The topological polar surface area (TPSA) is 58.6 Å². The van der Waals surface area contributed by atoms with Gasteiger partial charge in [0.15, 0.2) is 6.61 Å². The number of hydrogen-bond acceptors (Lipinski definition) is 3. The normalized spacial score (nSPS) is 11.7. The Morgan fingerprint density at radius 3 is 2.24 bits per heavy atom. The van der Waals surface area contributed by atoms with Gasteiger partial charge in [0.05, 0.1) is 0 Å². The van der Waals surface area contributed by atoms with Crippen LogP contribution in [0.2, 0.25) is 10.0 Å². The zero-order valence-corrected chi connectivity index (χ0v) is 19.8. The lowest BCUT2D eigenvalue weighted by molar-refractivity contribution is -0.142. The summed E-state index contributed by atoms with van der Waals surface area (Å²) in [5.41, 5.74) is 2.59. The van der Waals surface area contributed by atoms with E-state index in [1.54, 1.807) is 25.1 Å². The summed E-state index contributed by atoms with van der Waals surface area (Å²) in [6.07, 6.45) is 0. The molecule has 5 nitrogen and oxygen atoms in total. The molecule has 156 valence electrons. The fourth-order valence-electron chi connectivity index (χ4n) is 2.86. The summed E-state index contributed by atoms with van der Waals surface area (Å²) in [7, 11) is 1.52. The molecule has 2 aromatic carbocycles. The molecule has 0 fully saturated rings. The Kier molecular flexibility index (Phi) is 8.37. The molecule has 0 aromatic heterocycles. The Morgan fingerprint density at radius 1 is 1.17 bits per heavy atom. The molecule has 1 N–H and O–H groups in total. The Balaban J connectivity index is 2.24. The number of aryl methyl sites for hydroxylation is 2. The fraction of sp³-hybridized carbons (Fsp3) is 0.333. The lowest BCUT2D eigenvalue weighted by Crippen LogP contribution is -2.48. The van der Waals surface area contributed by atoms with E-state index in [0.29, 0.717) is 21.4 Å². The first-order valence-corrected chi connectivity index (χ1v) is 10.5. The third-order valence-corrected chi connectivity index (χ3v) is 6.54. The predicted molar refractivity (Wildman–Crippen MR) is 120 cm³/mol. The molecule has 0 saturated carbocycles. The third-order valence-electron chi connectivity index (χ3n) is 4.58. The maximum absolute atomic E-state index is 13.0. The van der Waals surface area contributed by atoms with E-state index in [0.717, 1.165) is 15.6 Å². The maximum atomic E-state index is 13.0. The molecule has 1 atom stereocenters. The van der Waals surface area contributed by atoms with Crippen LogP contribution in [-0.2, 0) is 16.1 Å². The number of carbonyl (C=O) groups is 2. The molecule has 0 aliphatic heterocycles. The highest BCUT2D eigenvalue weighted by molar-refractivity contribution is 9.10. The summed E-state index contributed by atoms with van der Waals surface area (Å²) in [4.78, 5) is 26.6. The third kappa shape index (κ3) is 5.87. The molecule has 0 unspecified atom stereocenters. The van der Waals surface area contributed by atoms with Crippen LogP contribution >= 0.6 is 39.1 Å². The number of benzene rings is 2. The SMILES string of the molecule is CNC(=O)[C@H](C)N(Cc1c(Cl)cccc1Cl)C(=O)COc1cc(C)c(Br)c(C)c1. The second-order valence-corrected chi connectivity index (χ2v) is 8.28. The van der Waals surface area contributed by atoms with Crippen molar-refractivity contribution >= 4 is 50.9 Å².